The Labute approximate surface area is 130 Å². The van der Waals surface area contributed by atoms with Gasteiger partial charge in [-0.15, -0.1) is 23.2 Å². The average Bonchev–Trinajstić information content (AvgIpc) is 2.86. The van der Waals surface area contributed by atoms with Crippen LogP contribution in [0, 0.1) is 6.92 Å². The number of aliphatic hydroxyl groups is 1. The maximum Gasteiger partial charge on any atom is 0.105 e. The van der Waals surface area contributed by atoms with Crippen molar-refractivity contribution < 1.29 is 5.11 Å². The fourth-order valence-electron chi connectivity index (χ4n) is 2.79. The molecule has 0 amide bonds. The van der Waals surface area contributed by atoms with E-state index in [0.717, 1.165) is 31.7 Å². The summed E-state index contributed by atoms with van der Waals surface area (Å²) < 4.78 is 0. The Kier molecular flexibility index (Phi) is 5.97. The van der Waals surface area contributed by atoms with E-state index in [9.17, 15) is 5.11 Å². The highest BCUT2D eigenvalue weighted by atomic mass is 35.5. The van der Waals surface area contributed by atoms with E-state index >= 15 is 0 Å². The number of benzene rings is 1. The van der Waals surface area contributed by atoms with Crippen molar-refractivity contribution in [1.29, 1.82) is 0 Å². The van der Waals surface area contributed by atoms with Crippen LogP contribution in [-0.4, -0.2) is 42.7 Å². The van der Waals surface area contributed by atoms with Crippen molar-refractivity contribution in [3.05, 3.63) is 29.3 Å². The molecule has 1 aromatic rings. The van der Waals surface area contributed by atoms with Crippen LogP contribution < -0.4 is 10.2 Å². The molecule has 3 nitrogen and oxygen atoms in total. The zero-order valence-electron chi connectivity index (χ0n) is 11.8. The Balaban J connectivity index is 2.22. The number of anilines is 1. The minimum Gasteiger partial charge on any atom is -0.379 e. The fraction of sp³-hybridized carbons (Fsp3) is 0.600. The van der Waals surface area contributed by atoms with Gasteiger partial charge in [-0.2, -0.15) is 0 Å². The molecule has 2 rings (SSSR count). The van der Waals surface area contributed by atoms with Crippen molar-refractivity contribution in [2.24, 2.45) is 0 Å². The van der Waals surface area contributed by atoms with Crippen molar-refractivity contribution in [3.63, 3.8) is 0 Å². The van der Waals surface area contributed by atoms with E-state index < -0.39 is 0 Å². The Morgan fingerprint density at radius 3 is 2.55 bits per heavy atom. The first-order chi connectivity index (χ1) is 9.65. The highest BCUT2D eigenvalue weighted by Crippen LogP contribution is 2.30. The first kappa shape index (κ1) is 15.9. The lowest BCUT2D eigenvalue weighted by Crippen LogP contribution is -2.27. The maximum atomic E-state index is 9.64. The van der Waals surface area contributed by atoms with E-state index in [2.05, 4.69) is 35.3 Å². The van der Waals surface area contributed by atoms with Crippen molar-refractivity contribution in [3.8, 4) is 0 Å². The molecule has 0 aromatic heterocycles. The Bertz CT molecular complexity index is 436. The van der Waals surface area contributed by atoms with Crippen LogP contribution in [-0.2, 0) is 0 Å². The van der Waals surface area contributed by atoms with Gasteiger partial charge in [0.25, 0.3) is 0 Å². The molecule has 1 fully saturated rings. The summed E-state index contributed by atoms with van der Waals surface area (Å²) in [6, 6.07) is 6.49. The molecule has 2 unspecified atom stereocenters. The number of hydrogen-bond acceptors (Lipinski definition) is 3. The molecular weight excluding hydrogens is 295 g/mol. The third-order valence-corrected chi connectivity index (χ3v) is 4.22. The molecule has 0 spiro atoms. The normalized spacial score (nSPS) is 22.2. The van der Waals surface area contributed by atoms with Crippen LogP contribution in [0.25, 0.3) is 0 Å². The highest BCUT2D eigenvalue weighted by molar-refractivity contribution is 6.18. The number of alkyl halides is 2. The summed E-state index contributed by atoms with van der Waals surface area (Å²) in [5.41, 5.74) is 3.74. The molecule has 1 aliphatic rings. The summed E-state index contributed by atoms with van der Waals surface area (Å²) in [6.07, 6.45) is 0.389. The van der Waals surface area contributed by atoms with Crippen LogP contribution in [0.1, 0.15) is 23.5 Å². The van der Waals surface area contributed by atoms with Gasteiger partial charge in [-0.1, -0.05) is 6.07 Å². The molecule has 0 radical (unpaired) electrons. The number of hydrogen-bond donors (Lipinski definition) is 2. The monoisotopic (exact) mass is 316 g/mol. The number of aryl methyl sites for hydroxylation is 1. The zero-order valence-corrected chi connectivity index (χ0v) is 13.3. The van der Waals surface area contributed by atoms with Crippen LogP contribution in [0.5, 0.6) is 0 Å². The second-order valence-corrected chi connectivity index (χ2v) is 6.02. The zero-order chi connectivity index (χ0) is 14.5. The molecule has 2 atom stereocenters. The lowest BCUT2D eigenvalue weighted by Gasteiger charge is -2.25. The van der Waals surface area contributed by atoms with Crippen LogP contribution in [0.3, 0.4) is 0 Å². The van der Waals surface area contributed by atoms with Gasteiger partial charge in [0.05, 0.1) is 0 Å². The minimum atomic E-state index is -0.384. The summed E-state index contributed by atoms with van der Waals surface area (Å²) in [4.78, 5) is 2.21. The molecule has 112 valence electrons. The minimum absolute atomic E-state index is 0.374. The van der Waals surface area contributed by atoms with Gasteiger partial charge in [0.2, 0.25) is 0 Å². The molecule has 2 N–H and O–H groups in total. The van der Waals surface area contributed by atoms with Crippen molar-refractivity contribution in [2.75, 3.05) is 36.3 Å². The van der Waals surface area contributed by atoms with Crippen molar-refractivity contribution >= 4 is 28.9 Å². The quantitative estimate of drug-likeness (QED) is 0.792. The number of aliphatic hydroxyl groups excluding tert-OH is 1. The smallest absolute Gasteiger partial charge is 0.105 e. The summed E-state index contributed by atoms with van der Waals surface area (Å²) in [7, 11) is 0. The predicted molar refractivity (Wildman–Crippen MR) is 86.2 cm³/mol. The van der Waals surface area contributed by atoms with Crippen molar-refractivity contribution in [1.82, 2.24) is 5.32 Å². The first-order valence-electron chi connectivity index (χ1n) is 7.04. The average molecular weight is 317 g/mol. The molecule has 5 heteroatoms. The second kappa shape index (κ2) is 7.51. The van der Waals surface area contributed by atoms with E-state index in [1.54, 1.807) is 0 Å². The highest BCUT2D eigenvalue weighted by Gasteiger charge is 2.25. The van der Waals surface area contributed by atoms with Gasteiger partial charge in [-0.05, 0) is 36.6 Å². The lowest BCUT2D eigenvalue weighted by atomic mass is 9.93. The van der Waals surface area contributed by atoms with Gasteiger partial charge in [0.1, 0.15) is 6.23 Å². The van der Waals surface area contributed by atoms with Crippen LogP contribution >= 0.6 is 23.2 Å². The molecule has 0 aliphatic carbocycles. The lowest BCUT2D eigenvalue weighted by molar-refractivity contribution is 0.159. The van der Waals surface area contributed by atoms with E-state index in [0.29, 0.717) is 17.7 Å². The molecule has 1 saturated heterocycles. The third-order valence-electron chi connectivity index (χ3n) is 3.88. The first-order valence-corrected chi connectivity index (χ1v) is 8.11. The molecular formula is C15H22Cl2N2O. The number of halogens is 2. The molecule has 1 aromatic carbocycles. The van der Waals surface area contributed by atoms with Gasteiger partial charge in [0, 0.05) is 43.0 Å². The SMILES string of the molecule is Cc1ccc(N(CCCl)CCCl)cc1C1CNC(O)C1. The maximum absolute atomic E-state index is 9.64. The molecule has 20 heavy (non-hydrogen) atoms. The van der Waals surface area contributed by atoms with E-state index in [1.165, 1.54) is 11.1 Å². The molecule has 0 bridgehead atoms. The van der Waals surface area contributed by atoms with Gasteiger partial charge >= 0.3 is 0 Å². The number of nitrogens with zero attached hydrogens (tertiary/aromatic N) is 1. The van der Waals surface area contributed by atoms with Crippen LogP contribution in [0.15, 0.2) is 18.2 Å². The van der Waals surface area contributed by atoms with E-state index in [1.807, 2.05) is 0 Å². The van der Waals surface area contributed by atoms with Gasteiger partial charge < -0.3 is 10.0 Å². The second-order valence-electron chi connectivity index (χ2n) is 5.26. The predicted octanol–water partition coefficient (Wildman–Crippen LogP) is 2.67. The number of nitrogens with one attached hydrogen (secondary N) is 1. The molecule has 0 saturated carbocycles. The Morgan fingerprint density at radius 2 is 2.00 bits per heavy atom. The molecule has 1 aliphatic heterocycles. The van der Waals surface area contributed by atoms with Crippen LogP contribution in [0.4, 0.5) is 5.69 Å². The fourth-order valence-corrected chi connectivity index (χ4v) is 3.20. The van der Waals surface area contributed by atoms with Gasteiger partial charge in [-0.3, -0.25) is 5.32 Å². The summed E-state index contributed by atoms with van der Waals surface area (Å²) in [5, 5.41) is 12.7. The van der Waals surface area contributed by atoms with Crippen molar-refractivity contribution in [2.45, 2.75) is 25.5 Å². The molecule has 1 heterocycles. The van der Waals surface area contributed by atoms with Gasteiger partial charge in [-0.25, -0.2) is 0 Å². The van der Waals surface area contributed by atoms with E-state index in [4.69, 9.17) is 23.2 Å². The third kappa shape index (κ3) is 3.79. The number of rotatable bonds is 6. The largest absolute Gasteiger partial charge is 0.379 e. The van der Waals surface area contributed by atoms with Gasteiger partial charge in [0.15, 0.2) is 0 Å². The summed E-state index contributed by atoms with van der Waals surface area (Å²) in [6.45, 7) is 4.54. The van der Waals surface area contributed by atoms with E-state index in [-0.39, 0.29) is 6.23 Å². The summed E-state index contributed by atoms with van der Waals surface area (Å²) in [5.74, 6) is 1.55. The summed E-state index contributed by atoms with van der Waals surface area (Å²) >= 11 is 11.7. The standard InChI is InChI=1S/C15H22Cl2N2O/c1-11-2-3-13(19(6-4-16)7-5-17)9-14(11)12-8-15(20)18-10-12/h2-3,9,12,15,18,20H,4-8,10H2,1H3. The topological polar surface area (TPSA) is 35.5 Å². The Hall–Kier alpha value is -0.480. The van der Waals surface area contributed by atoms with Crippen LogP contribution in [0.2, 0.25) is 0 Å². The Morgan fingerprint density at radius 1 is 1.30 bits per heavy atom.